The van der Waals surface area contributed by atoms with Gasteiger partial charge >= 0.3 is 5.97 Å². The highest BCUT2D eigenvalue weighted by atomic mass is 16.4. The Bertz CT molecular complexity index is 201. The molecule has 0 heterocycles. The normalized spacial score (nSPS) is 16.5. The molecule has 2 nitrogen and oxygen atoms in total. The number of carbonyl (C=O) groups is 1. The number of hydrogen-bond acceptors (Lipinski definition) is 1. The molecule has 2 heteroatoms. The van der Waals surface area contributed by atoms with Gasteiger partial charge < -0.3 is 5.11 Å². The van der Waals surface area contributed by atoms with Crippen LogP contribution < -0.4 is 0 Å². The minimum Gasteiger partial charge on any atom is -0.481 e. The first kappa shape index (κ1) is 14.5. The van der Waals surface area contributed by atoms with Gasteiger partial charge in [-0.2, -0.15) is 0 Å². The van der Waals surface area contributed by atoms with Crippen LogP contribution in [0.25, 0.3) is 0 Å². The Kier molecular flexibility index (Phi) is 5.33. The van der Waals surface area contributed by atoms with E-state index in [1.165, 1.54) is 0 Å². The van der Waals surface area contributed by atoms with Crippen LogP contribution in [-0.4, -0.2) is 11.1 Å². The van der Waals surface area contributed by atoms with Gasteiger partial charge in [0.1, 0.15) is 0 Å². The summed E-state index contributed by atoms with van der Waals surface area (Å²) >= 11 is 0. The van der Waals surface area contributed by atoms with Crippen molar-refractivity contribution in [2.75, 3.05) is 0 Å². The predicted octanol–water partition coefficient (Wildman–Crippen LogP) is 3.81. The van der Waals surface area contributed by atoms with Gasteiger partial charge in [-0.1, -0.05) is 41.5 Å². The smallest absolute Gasteiger partial charge is 0.306 e. The van der Waals surface area contributed by atoms with Crippen LogP contribution in [0.5, 0.6) is 0 Å². The molecule has 0 rings (SSSR count). The van der Waals surface area contributed by atoms with Crippen molar-refractivity contribution in [1.29, 1.82) is 0 Å². The molecule has 15 heavy (non-hydrogen) atoms. The summed E-state index contributed by atoms with van der Waals surface area (Å²) in [6.07, 6.45) is 1.75. The first-order chi connectivity index (χ1) is 6.63. The molecule has 0 fully saturated rings. The molecule has 2 atom stereocenters. The van der Waals surface area contributed by atoms with Crippen LogP contribution in [0.1, 0.15) is 54.4 Å². The van der Waals surface area contributed by atoms with Crippen molar-refractivity contribution in [1.82, 2.24) is 0 Å². The second-order valence-corrected chi connectivity index (χ2v) is 6.32. The molecule has 0 spiro atoms. The predicted molar refractivity (Wildman–Crippen MR) is 63.8 cm³/mol. The van der Waals surface area contributed by atoms with E-state index in [4.69, 9.17) is 0 Å². The molecule has 0 radical (unpaired) electrons. The highest BCUT2D eigenvalue weighted by Crippen LogP contribution is 2.31. The Morgan fingerprint density at radius 2 is 1.67 bits per heavy atom. The van der Waals surface area contributed by atoms with E-state index in [0.29, 0.717) is 5.92 Å². The van der Waals surface area contributed by atoms with Crippen LogP contribution >= 0.6 is 0 Å². The van der Waals surface area contributed by atoms with Crippen molar-refractivity contribution in [3.63, 3.8) is 0 Å². The largest absolute Gasteiger partial charge is 0.481 e. The molecule has 0 saturated heterocycles. The fourth-order valence-electron chi connectivity index (χ4n) is 2.19. The summed E-state index contributed by atoms with van der Waals surface area (Å²) in [5.41, 5.74) is 0.212. The van der Waals surface area contributed by atoms with E-state index < -0.39 is 5.97 Å². The molecule has 0 aromatic rings. The molecule has 0 aliphatic rings. The second-order valence-electron chi connectivity index (χ2n) is 6.32. The van der Waals surface area contributed by atoms with Gasteiger partial charge in [-0.15, -0.1) is 0 Å². The van der Waals surface area contributed by atoms with Crippen LogP contribution in [0.2, 0.25) is 0 Å². The molecule has 0 amide bonds. The van der Waals surface area contributed by atoms with Gasteiger partial charge in [-0.05, 0) is 30.1 Å². The van der Waals surface area contributed by atoms with Gasteiger partial charge in [0.15, 0.2) is 0 Å². The Balaban J connectivity index is 4.42. The van der Waals surface area contributed by atoms with Gasteiger partial charge in [0, 0.05) is 0 Å². The van der Waals surface area contributed by atoms with E-state index in [2.05, 4.69) is 41.5 Å². The quantitative estimate of drug-likeness (QED) is 0.755. The van der Waals surface area contributed by atoms with Crippen molar-refractivity contribution in [2.45, 2.75) is 54.4 Å². The van der Waals surface area contributed by atoms with E-state index in [1.807, 2.05) is 0 Å². The number of aliphatic carboxylic acids is 1. The van der Waals surface area contributed by atoms with E-state index in [1.54, 1.807) is 0 Å². The molecule has 0 aliphatic heterocycles. The van der Waals surface area contributed by atoms with Gasteiger partial charge in [0.25, 0.3) is 0 Å². The first-order valence-corrected chi connectivity index (χ1v) is 5.86. The van der Waals surface area contributed by atoms with Crippen molar-refractivity contribution < 1.29 is 9.90 Å². The van der Waals surface area contributed by atoms with Crippen LogP contribution in [0.3, 0.4) is 0 Å². The van der Waals surface area contributed by atoms with Gasteiger partial charge in [-0.25, -0.2) is 0 Å². The van der Waals surface area contributed by atoms with Crippen LogP contribution in [0, 0.1) is 23.2 Å². The summed E-state index contributed by atoms with van der Waals surface area (Å²) in [6, 6.07) is 0. The summed E-state index contributed by atoms with van der Waals surface area (Å²) in [5.74, 6) is -0.122. The summed E-state index contributed by atoms with van der Waals surface area (Å²) in [7, 11) is 0. The fraction of sp³-hybridized carbons (Fsp3) is 0.923. The lowest BCUT2D eigenvalue weighted by Gasteiger charge is -2.28. The minimum atomic E-state index is -0.638. The maximum Gasteiger partial charge on any atom is 0.306 e. The summed E-state index contributed by atoms with van der Waals surface area (Å²) in [5, 5.41) is 9.19. The standard InChI is InChI=1S/C13H26O2/c1-9(2)7-11(12(14)15)10(3)8-13(4,5)6/h9-11H,7-8H2,1-6H3,(H,14,15). The number of carboxylic acid groups (broad SMARTS) is 1. The molecule has 0 bridgehead atoms. The SMILES string of the molecule is CC(C)CC(C(=O)O)C(C)CC(C)(C)C. The highest BCUT2D eigenvalue weighted by molar-refractivity contribution is 5.70. The minimum absolute atomic E-state index is 0.191. The summed E-state index contributed by atoms with van der Waals surface area (Å²) in [6.45, 7) is 12.7. The van der Waals surface area contributed by atoms with Gasteiger partial charge in [0.2, 0.25) is 0 Å². The van der Waals surface area contributed by atoms with Gasteiger partial charge in [-0.3, -0.25) is 4.79 Å². The Morgan fingerprint density at radius 1 is 1.20 bits per heavy atom. The lowest BCUT2D eigenvalue weighted by Crippen LogP contribution is -2.26. The topological polar surface area (TPSA) is 37.3 Å². The lowest BCUT2D eigenvalue weighted by atomic mass is 9.77. The number of hydrogen-bond donors (Lipinski definition) is 1. The third-order valence-corrected chi connectivity index (χ3v) is 2.66. The molecular weight excluding hydrogens is 188 g/mol. The zero-order chi connectivity index (χ0) is 12.2. The molecular formula is C13H26O2. The van der Waals surface area contributed by atoms with E-state index in [9.17, 15) is 9.90 Å². The third kappa shape index (κ3) is 6.53. The monoisotopic (exact) mass is 214 g/mol. The third-order valence-electron chi connectivity index (χ3n) is 2.66. The van der Waals surface area contributed by atoms with Crippen LogP contribution in [-0.2, 0) is 4.79 Å². The van der Waals surface area contributed by atoms with Crippen molar-refractivity contribution in [2.24, 2.45) is 23.2 Å². The molecule has 1 N–H and O–H groups in total. The molecule has 0 aliphatic carbocycles. The molecule has 2 unspecified atom stereocenters. The molecule has 0 saturated carbocycles. The van der Waals surface area contributed by atoms with E-state index in [-0.39, 0.29) is 17.3 Å². The number of rotatable bonds is 5. The number of carboxylic acids is 1. The van der Waals surface area contributed by atoms with Crippen LogP contribution in [0.15, 0.2) is 0 Å². The molecule has 90 valence electrons. The van der Waals surface area contributed by atoms with Crippen molar-refractivity contribution in [3.8, 4) is 0 Å². The fourth-order valence-corrected chi connectivity index (χ4v) is 2.19. The Labute approximate surface area is 94.1 Å². The maximum atomic E-state index is 11.2. The molecule has 0 aromatic carbocycles. The Morgan fingerprint density at radius 3 is 1.93 bits per heavy atom. The summed E-state index contributed by atoms with van der Waals surface area (Å²) in [4.78, 5) is 11.2. The highest BCUT2D eigenvalue weighted by Gasteiger charge is 2.28. The Hall–Kier alpha value is -0.530. The zero-order valence-electron chi connectivity index (χ0n) is 11.0. The van der Waals surface area contributed by atoms with Crippen LogP contribution in [0.4, 0.5) is 0 Å². The lowest BCUT2D eigenvalue weighted by molar-refractivity contribution is -0.144. The maximum absolute atomic E-state index is 11.2. The van der Waals surface area contributed by atoms with Crippen molar-refractivity contribution >= 4 is 5.97 Å². The van der Waals surface area contributed by atoms with Crippen molar-refractivity contribution in [3.05, 3.63) is 0 Å². The van der Waals surface area contributed by atoms with E-state index >= 15 is 0 Å². The average Bonchev–Trinajstić information content (AvgIpc) is 1.95. The average molecular weight is 214 g/mol. The van der Waals surface area contributed by atoms with Gasteiger partial charge in [0.05, 0.1) is 5.92 Å². The first-order valence-electron chi connectivity index (χ1n) is 5.86. The van der Waals surface area contributed by atoms with E-state index in [0.717, 1.165) is 12.8 Å². The molecule has 0 aromatic heterocycles. The summed E-state index contributed by atoms with van der Waals surface area (Å²) < 4.78 is 0. The zero-order valence-corrected chi connectivity index (χ0v) is 11.0. The second kappa shape index (κ2) is 5.53.